The molecule has 0 aromatic heterocycles. The van der Waals surface area contributed by atoms with Crippen molar-refractivity contribution in [1.29, 1.82) is 0 Å². The van der Waals surface area contributed by atoms with Crippen LogP contribution < -0.4 is 16.8 Å². The summed E-state index contributed by atoms with van der Waals surface area (Å²) in [5.74, 6) is -3.38. The third kappa shape index (κ3) is 9.51. The zero-order valence-corrected chi connectivity index (χ0v) is 19.8. The molecule has 1 saturated heterocycles. The molecule has 5 atom stereocenters. The summed E-state index contributed by atoms with van der Waals surface area (Å²) in [7, 11) is 0. The topological polar surface area (TPSA) is 216 Å². The number of primary amides is 2. The van der Waals surface area contributed by atoms with Crippen LogP contribution >= 0.6 is 0 Å². The first kappa shape index (κ1) is 29.2. The minimum atomic E-state index is -1.84. The highest BCUT2D eigenvalue weighted by Crippen LogP contribution is 2.27. The van der Waals surface area contributed by atoms with Crippen LogP contribution in [-0.2, 0) is 49.5 Å². The van der Waals surface area contributed by atoms with Gasteiger partial charge in [0.25, 0.3) is 0 Å². The maximum absolute atomic E-state index is 12.4. The molecule has 37 heavy (non-hydrogen) atoms. The molecule has 0 spiro atoms. The van der Waals surface area contributed by atoms with Gasteiger partial charge in [-0.2, -0.15) is 0 Å². The smallest absolute Gasteiger partial charge is 0.405 e. The van der Waals surface area contributed by atoms with Gasteiger partial charge in [0.15, 0.2) is 24.6 Å². The summed E-state index contributed by atoms with van der Waals surface area (Å²) in [5, 5.41) is 12.7. The summed E-state index contributed by atoms with van der Waals surface area (Å²) in [5.41, 5.74) is 11.0. The second-order valence-electron chi connectivity index (χ2n) is 7.72. The number of aliphatic hydroxyl groups excluding tert-OH is 1. The van der Waals surface area contributed by atoms with Crippen molar-refractivity contribution in [2.24, 2.45) is 11.5 Å². The van der Waals surface area contributed by atoms with Crippen molar-refractivity contribution < 1.29 is 52.8 Å². The van der Waals surface area contributed by atoms with E-state index in [0.29, 0.717) is 0 Å². The molecule has 2 rings (SSSR count). The number of carbonyl (C=O) groups is 5. The van der Waals surface area contributed by atoms with Crippen molar-refractivity contribution in [3.8, 4) is 0 Å². The van der Waals surface area contributed by atoms with Crippen molar-refractivity contribution in [1.82, 2.24) is 5.32 Å². The number of amides is 3. The lowest BCUT2D eigenvalue weighted by atomic mass is 9.98. The Morgan fingerprint density at radius 1 is 1.03 bits per heavy atom. The summed E-state index contributed by atoms with van der Waals surface area (Å²) >= 11 is 0. The van der Waals surface area contributed by atoms with Gasteiger partial charge in [-0.05, 0) is 5.56 Å². The Morgan fingerprint density at radius 2 is 1.73 bits per heavy atom. The Kier molecular flexibility index (Phi) is 11.5. The van der Waals surface area contributed by atoms with E-state index in [2.05, 4.69) is 11.9 Å². The number of esters is 2. The molecule has 0 radical (unpaired) electrons. The fourth-order valence-corrected chi connectivity index (χ4v) is 3.22. The SMILES string of the molecule is C=CCO[C@H]1O[C@H](C(N)=O)[C@H](O)[C@H](OC(N)=O)[C@H]1OC(=O)CCC(=O)NCC(=O)OCc1ccccc1. The van der Waals surface area contributed by atoms with Crippen molar-refractivity contribution in [2.45, 2.75) is 50.2 Å². The minimum Gasteiger partial charge on any atom is -0.460 e. The molecule has 1 aliphatic rings. The van der Waals surface area contributed by atoms with Gasteiger partial charge in [-0.1, -0.05) is 36.4 Å². The van der Waals surface area contributed by atoms with Gasteiger partial charge in [0.05, 0.1) is 13.0 Å². The molecule has 202 valence electrons. The van der Waals surface area contributed by atoms with Crippen molar-refractivity contribution in [3.05, 3.63) is 48.6 Å². The summed E-state index contributed by atoms with van der Waals surface area (Å²) in [6, 6.07) is 8.94. The summed E-state index contributed by atoms with van der Waals surface area (Å²) in [4.78, 5) is 59.3. The largest absolute Gasteiger partial charge is 0.460 e. The third-order valence-corrected chi connectivity index (χ3v) is 4.93. The van der Waals surface area contributed by atoms with E-state index in [1.165, 1.54) is 6.08 Å². The van der Waals surface area contributed by atoms with Crippen LogP contribution in [0.25, 0.3) is 0 Å². The first-order valence-corrected chi connectivity index (χ1v) is 11.1. The van der Waals surface area contributed by atoms with E-state index in [4.69, 9.17) is 35.2 Å². The van der Waals surface area contributed by atoms with Crippen LogP contribution in [0.3, 0.4) is 0 Å². The van der Waals surface area contributed by atoms with Gasteiger partial charge in [-0.15, -0.1) is 6.58 Å². The lowest BCUT2D eigenvalue weighted by Crippen LogP contribution is -2.64. The molecule has 0 unspecified atom stereocenters. The Labute approximate surface area is 211 Å². The predicted molar refractivity (Wildman–Crippen MR) is 123 cm³/mol. The molecule has 14 heteroatoms. The number of ether oxygens (including phenoxy) is 5. The molecule has 0 bridgehead atoms. The van der Waals surface area contributed by atoms with Gasteiger partial charge in [0.2, 0.25) is 11.8 Å². The van der Waals surface area contributed by atoms with Gasteiger partial charge >= 0.3 is 18.0 Å². The highest BCUT2D eigenvalue weighted by Gasteiger charge is 2.52. The van der Waals surface area contributed by atoms with Crippen molar-refractivity contribution in [3.63, 3.8) is 0 Å². The molecule has 0 aliphatic carbocycles. The van der Waals surface area contributed by atoms with Crippen LogP contribution in [-0.4, -0.2) is 78.8 Å². The first-order chi connectivity index (χ1) is 17.6. The van der Waals surface area contributed by atoms with E-state index >= 15 is 0 Å². The molecule has 14 nitrogen and oxygen atoms in total. The van der Waals surface area contributed by atoms with E-state index in [9.17, 15) is 29.1 Å². The number of hydrogen-bond acceptors (Lipinski definition) is 11. The lowest BCUT2D eigenvalue weighted by Gasteiger charge is -2.41. The fraction of sp³-hybridized carbons (Fsp3) is 0.435. The lowest BCUT2D eigenvalue weighted by molar-refractivity contribution is -0.290. The van der Waals surface area contributed by atoms with E-state index in [1.807, 2.05) is 6.07 Å². The summed E-state index contributed by atoms with van der Waals surface area (Å²) < 4.78 is 25.7. The fourth-order valence-electron chi connectivity index (χ4n) is 3.22. The van der Waals surface area contributed by atoms with E-state index < -0.39 is 73.5 Å². The van der Waals surface area contributed by atoms with Gasteiger partial charge < -0.3 is 45.6 Å². The maximum atomic E-state index is 12.4. The minimum absolute atomic E-state index is 0.0391. The maximum Gasteiger partial charge on any atom is 0.405 e. The third-order valence-electron chi connectivity index (χ3n) is 4.93. The number of nitrogens with two attached hydrogens (primary N) is 2. The van der Waals surface area contributed by atoms with Crippen LogP contribution in [0.4, 0.5) is 4.79 Å². The monoisotopic (exact) mass is 523 g/mol. The molecular weight excluding hydrogens is 494 g/mol. The Hall–Kier alpha value is -4.01. The number of carbonyl (C=O) groups excluding carboxylic acids is 5. The highest BCUT2D eigenvalue weighted by atomic mass is 16.7. The van der Waals surface area contributed by atoms with Crippen LogP contribution in [0.2, 0.25) is 0 Å². The molecular formula is C23H29N3O11. The van der Waals surface area contributed by atoms with Crippen molar-refractivity contribution >= 4 is 29.8 Å². The van der Waals surface area contributed by atoms with E-state index in [0.717, 1.165) is 5.56 Å². The second-order valence-corrected chi connectivity index (χ2v) is 7.72. The van der Waals surface area contributed by atoms with Crippen molar-refractivity contribution in [2.75, 3.05) is 13.2 Å². The number of nitrogens with one attached hydrogen (secondary N) is 1. The number of benzene rings is 1. The van der Waals surface area contributed by atoms with Gasteiger partial charge in [-0.3, -0.25) is 19.2 Å². The van der Waals surface area contributed by atoms with Crippen LogP contribution in [0.5, 0.6) is 0 Å². The quantitative estimate of drug-likeness (QED) is 0.136. The molecule has 6 N–H and O–H groups in total. The highest BCUT2D eigenvalue weighted by molar-refractivity contribution is 5.84. The zero-order valence-electron chi connectivity index (χ0n) is 19.8. The molecule has 0 saturated carbocycles. The van der Waals surface area contributed by atoms with Crippen LogP contribution in [0.1, 0.15) is 18.4 Å². The van der Waals surface area contributed by atoms with Crippen LogP contribution in [0.15, 0.2) is 43.0 Å². The van der Waals surface area contributed by atoms with E-state index in [1.54, 1.807) is 24.3 Å². The van der Waals surface area contributed by atoms with Gasteiger partial charge in [-0.25, -0.2) is 4.79 Å². The average molecular weight is 523 g/mol. The number of aliphatic hydroxyl groups is 1. The average Bonchev–Trinajstić information content (AvgIpc) is 2.86. The standard InChI is InChI=1S/C23H29N3O11/c1-2-10-33-22-20(18(37-23(25)32)17(30)19(36-22)21(24)31)35-15(28)9-8-14(27)26-11-16(29)34-12-13-6-4-3-5-7-13/h2-7,17-20,22,30H,1,8-12H2,(H2,24,31)(H2,25,32)(H,26,27)/t17-,18+,19+,20-,22+/m1/s1. The summed E-state index contributed by atoms with van der Waals surface area (Å²) in [6.45, 7) is 2.95. The van der Waals surface area contributed by atoms with E-state index in [-0.39, 0.29) is 19.6 Å². The Bertz CT molecular complexity index is 972. The molecule has 1 aliphatic heterocycles. The zero-order chi connectivity index (χ0) is 27.4. The number of hydrogen-bond donors (Lipinski definition) is 4. The Morgan fingerprint density at radius 3 is 2.35 bits per heavy atom. The summed E-state index contributed by atoms with van der Waals surface area (Å²) in [6.07, 6.45) is -9.09. The van der Waals surface area contributed by atoms with Gasteiger partial charge in [0, 0.05) is 6.42 Å². The molecule has 1 heterocycles. The predicted octanol–water partition coefficient (Wildman–Crippen LogP) is -1.22. The molecule has 1 aromatic carbocycles. The molecule has 3 amide bonds. The second kappa shape index (κ2) is 14.5. The molecule has 1 aromatic rings. The first-order valence-electron chi connectivity index (χ1n) is 11.1. The molecule has 1 fully saturated rings. The van der Waals surface area contributed by atoms with Crippen LogP contribution in [0, 0.1) is 0 Å². The number of rotatable bonds is 13. The Balaban J connectivity index is 1.90. The van der Waals surface area contributed by atoms with Gasteiger partial charge in [0.1, 0.15) is 19.3 Å². The normalized spacial score (nSPS) is 22.8.